The second kappa shape index (κ2) is 6.95. The van der Waals surface area contributed by atoms with E-state index in [1.807, 2.05) is 13.1 Å². The highest BCUT2D eigenvalue weighted by Gasteiger charge is 2.26. The molecule has 2 heterocycles. The van der Waals surface area contributed by atoms with Crippen LogP contribution in [-0.2, 0) is 0 Å². The second-order valence-corrected chi connectivity index (χ2v) is 5.31. The minimum atomic E-state index is 0.477. The molecule has 18 heavy (non-hydrogen) atoms. The molecule has 2 rings (SSSR count). The van der Waals surface area contributed by atoms with E-state index in [0.29, 0.717) is 6.04 Å². The van der Waals surface area contributed by atoms with E-state index in [1.54, 1.807) is 6.26 Å². The molecule has 0 aliphatic carbocycles. The van der Waals surface area contributed by atoms with Crippen molar-refractivity contribution in [2.45, 2.75) is 38.6 Å². The zero-order valence-electron chi connectivity index (χ0n) is 11.7. The van der Waals surface area contributed by atoms with E-state index in [0.717, 1.165) is 24.6 Å². The summed E-state index contributed by atoms with van der Waals surface area (Å²) in [6, 6.07) is 4.59. The van der Waals surface area contributed by atoms with E-state index in [4.69, 9.17) is 4.42 Å². The summed E-state index contributed by atoms with van der Waals surface area (Å²) in [6.07, 6.45) is 6.91. The van der Waals surface area contributed by atoms with E-state index < -0.39 is 0 Å². The lowest BCUT2D eigenvalue weighted by atomic mass is 9.92. The van der Waals surface area contributed by atoms with E-state index >= 15 is 0 Å². The van der Waals surface area contributed by atoms with Crippen LogP contribution in [0, 0.1) is 5.92 Å². The highest BCUT2D eigenvalue weighted by atomic mass is 16.3. The van der Waals surface area contributed by atoms with Gasteiger partial charge in [0.15, 0.2) is 0 Å². The molecule has 0 bridgehead atoms. The SMILES string of the molecule is CCC(c1ccco1)N1CCC(CCNC)CC1. The number of nitrogens with zero attached hydrogens (tertiary/aromatic N) is 1. The minimum Gasteiger partial charge on any atom is -0.468 e. The van der Waals surface area contributed by atoms with Crippen LogP contribution in [0.25, 0.3) is 0 Å². The Bertz CT molecular complexity index is 315. The van der Waals surface area contributed by atoms with E-state index in [9.17, 15) is 0 Å². The average molecular weight is 250 g/mol. The van der Waals surface area contributed by atoms with Gasteiger partial charge in [-0.25, -0.2) is 0 Å². The van der Waals surface area contributed by atoms with Crippen LogP contribution < -0.4 is 5.32 Å². The lowest BCUT2D eigenvalue weighted by Crippen LogP contribution is -2.37. The van der Waals surface area contributed by atoms with Gasteiger partial charge in [0.1, 0.15) is 5.76 Å². The molecule has 0 spiro atoms. The van der Waals surface area contributed by atoms with Crippen LogP contribution in [0.3, 0.4) is 0 Å². The Morgan fingerprint density at radius 3 is 2.78 bits per heavy atom. The summed E-state index contributed by atoms with van der Waals surface area (Å²) in [5.74, 6) is 2.04. The minimum absolute atomic E-state index is 0.477. The van der Waals surface area contributed by atoms with Crippen molar-refractivity contribution in [2.24, 2.45) is 5.92 Å². The maximum absolute atomic E-state index is 5.58. The number of hydrogen-bond donors (Lipinski definition) is 1. The van der Waals surface area contributed by atoms with Gasteiger partial charge in [0, 0.05) is 0 Å². The molecule has 1 aromatic rings. The number of furan rings is 1. The monoisotopic (exact) mass is 250 g/mol. The standard InChI is InChI=1S/C15H26N2O/c1-3-14(15-5-4-12-18-15)17-10-7-13(8-11-17)6-9-16-2/h4-5,12-14,16H,3,6-11H2,1-2H3. The van der Waals surface area contributed by atoms with Crippen LogP contribution in [-0.4, -0.2) is 31.6 Å². The lowest BCUT2D eigenvalue weighted by molar-refractivity contribution is 0.112. The molecule has 1 aliphatic rings. The number of piperidine rings is 1. The molecule has 1 atom stereocenters. The van der Waals surface area contributed by atoms with Gasteiger partial charge in [-0.1, -0.05) is 6.92 Å². The third-order valence-corrected chi connectivity index (χ3v) is 4.15. The van der Waals surface area contributed by atoms with Crippen molar-refractivity contribution in [1.29, 1.82) is 0 Å². The first kappa shape index (κ1) is 13.6. The topological polar surface area (TPSA) is 28.4 Å². The van der Waals surface area contributed by atoms with Crippen molar-refractivity contribution in [3.8, 4) is 0 Å². The first-order valence-electron chi connectivity index (χ1n) is 7.27. The molecule has 1 aliphatic heterocycles. The summed E-state index contributed by atoms with van der Waals surface area (Å²) in [4.78, 5) is 2.59. The molecule has 1 N–H and O–H groups in total. The molecular weight excluding hydrogens is 224 g/mol. The molecule has 3 nitrogen and oxygen atoms in total. The van der Waals surface area contributed by atoms with E-state index in [1.165, 1.54) is 32.4 Å². The maximum Gasteiger partial charge on any atom is 0.120 e. The molecule has 1 unspecified atom stereocenters. The van der Waals surface area contributed by atoms with Gasteiger partial charge in [-0.15, -0.1) is 0 Å². The summed E-state index contributed by atoms with van der Waals surface area (Å²) in [7, 11) is 2.04. The van der Waals surface area contributed by atoms with Gasteiger partial charge < -0.3 is 9.73 Å². The van der Waals surface area contributed by atoms with Crippen molar-refractivity contribution >= 4 is 0 Å². The first-order chi connectivity index (χ1) is 8.85. The molecule has 102 valence electrons. The van der Waals surface area contributed by atoms with Gasteiger partial charge in [-0.2, -0.15) is 0 Å². The van der Waals surface area contributed by atoms with Crippen LogP contribution in [0.4, 0.5) is 0 Å². The van der Waals surface area contributed by atoms with Crippen molar-refractivity contribution in [2.75, 3.05) is 26.7 Å². The number of likely N-dealkylation sites (tertiary alicyclic amines) is 1. The predicted octanol–water partition coefficient (Wildman–Crippen LogP) is 3.05. The molecule has 0 amide bonds. The van der Waals surface area contributed by atoms with Crippen LogP contribution in [0.2, 0.25) is 0 Å². The molecule has 0 saturated carbocycles. The molecule has 3 heteroatoms. The summed E-state index contributed by atoms with van der Waals surface area (Å²) < 4.78 is 5.58. The lowest BCUT2D eigenvalue weighted by Gasteiger charge is -2.36. The van der Waals surface area contributed by atoms with Gasteiger partial charge in [-0.3, -0.25) is 4.90 Å². The van der Waals surface area contributed by atoms with Gasteiger partial charge in [0.05, 0.1) is 12.3 Å². The molecule has 1 saturated heterocycles. The fraction of sp³-hybridized carbons (Fsp3) is 0.733. The second-order valence-electron chi connectivity index (χ2n) is 5.31. The zero-order valence-corrected chi connectivity index (χ0v) is 11.7. The largest absolute Gasteiger partial charge is 0.468 e. The highest BCUT2D eigenvalue weighted by molar-refractivity contribution is 5.05. The Balaban J connectivity index is 1.84. The third kappa shape index (κ3) is 3.36. The van der Waals surface area contributed by atoms with Crippen LogP contribution in [0.15, 0.2) is 22.8 Å². The van der Waals surface area contributed by atoms with Gasteiger partial charge >= 0.3 is 0 Å². The summed E-state index contributed by atoms with van der Waals surface area (Å²) >= 11 is 0. The Kier molecular flexibility index (Phi) is 5.26. The molecule has 0 aromatic carbocycles. The normalized spacial score (nSPS) is 20.1. The Morgan fingerprint density at radius 2 is 2.22 bits per heavy atom. The fourth-order valence-corrected chi connectivity index (χ4v) is 3.02. The maximum atomic E-state index is 5.58. The first-order valence-corrected chi connectivity index (χ1v) is 7.27. The van der Waals surface area contributed by atoms with Crippen molar-refractivity contribution < 1.29 is 4.42 Å². The quantitative estimate of drug-likeness (QED) is 0.841. The van der Waals surface area contributed by atoms with Crippen LogP contribution >= 0.6 is 0 Å². The van der Waals surface area contributed by atoms with Crippen LogP contribution in [0.5, 0.6) is 0 Å². The Labute approximate surface area is 111 Å². The summed E-state index contributed by atoms with van der Waals surface area (Å²) in [6.45, 7) is 5.83. The molecule has 1 fully saturated rings. The average Bonchev–Trinajstić information content (AvgIpc) is 2.93. The Morgan fingerprint density at radius 1 is 1.44 bits per heavy atom. The van der Waals surface area contributed by atoms with Gasteiger partial charge in [0.25, 0.3) is 0 Å². The summed E-state index contributed by atoms with van der Waals surface area (Å²) in [5.41, 5.74) is 0. The third-order valence-electron chi connectivity index (χ3n) is 4.15. The molecular formula is C15H26N2O. The zero-order chi connectivity index (χ0) is 12.8. The number of rotatable bonds is 6. The molecule has 0 radical (unpaired) electrons. The van der Waals surface area contributed by atoms with E-state index in [-0.39, 0.29) is 0 Å². The predicted molar refractivity (Wildman–Crippen MR) is 74.6 cm³/mol. The fourth-order valence-electron chi connectivity index (χ4n) is 3.02. The molecule has 1 aromatic heterocycles. The van der Waals surface area contributed by atoms with Gasteiger partial charge in [0.2, 0.25) is 0 Å². The number of hydrogen-bond acceptors (Lipinski definition) is 3. The smallest absolute Gasteiger partial charge is 0.120 e. The van der Waals surface area contributed by atoms with Crippen LogP contribution in [0.1, 0.15) is 44.4 Å². The van der Waals surface area contributed by atoms with Crippen molar-refractivity contribution in [1.82, 2.24) is 10.2 Å². The number of nitrogens with one attached hydrogen (secondary N) is 1. The van der Waals surface area contributed by atoms with Gasteiger partial charge in [-0.05, 0) is 70.4 Å². The highest BCUT2D eigenvalue weighted by Crippen LogP contribution is 2.30. The van der Waals surface area contributed by atoms with Crippen molar-refractivity contribution in [3.05, 3.63) is 24.2 Å². The van der Waals surface area contributed by atoms with E-state index in [2.05, 4.69) is 23.2 Å². The van der Waals surface area contributed by atoms with Crippen molar-refractivity contribution in [3.63, 3.8) is 0 Å². The summed E-state index contributed by atoms with van der Waals surface area (Å²) in [5, 5.41) is 3.25. The Hall–Kier alpha value is -0.800.